The summed E-state index contributed by atoms with van der Waals surface area (Å²) < 4.78 is 0. The summed E-state index contributed by atoms with van der Waals surface area (Å²) in [6, 6.07) is 1.74. The largest absolute Gasteiger partial charge is 0.370 e. The van der Waals surface area contributed by atoms with Gasteiger partial charge in [0.1, 0.15) is 42.3 Å². The molecule has 0 unspecified atom stereocenters. The number of nitrogens with two attached hydrogens (primary N) is 2. The molecule has 2 aromatic rings. The second kappa shape index (κ2) is 28.8. The first-order valence-corrected chi connectivity index (χ1v) is 26.2. The van der Waals surface area contributed by atoms with Crippen LogP contribution in [0.4, 0.5) is 0 Å². The Bertz CT molecular complexity index is 2180. The van der Waals surface area contributed by atoms with Crippen molar-refractivity contribution in [2.75, 3.05) is 31.1 Å². The molecule has 0 saturated carbocycles. The maximum atomic E-state index is 14.6. The lowest BCUT2D eigenvalue weighted by Crippen LogP contribution is -2.61. The third-order valence-electron chi connectivity index (χ3n) is 11.6. The maximum Gasteiger partial charge on any atom is 0.246 e. The Balaban J connectivity index is 1.64. The molecule has 9 amide bonds. The highest BCUT2D eigenvalue weighted by Gasteiger charge is 2.40. The van der Waals surface area contributed by atoms with Crippen molar-refractivity contribution in [1.29, 1.82) is 5.41 Å². The molecular formula is C47H69ClN12O9S2. The molecular weight excluding hydrogens is 976 g/mol. The number of nitrogens with one attached hydrogen (secondary N) is 9. The number of hydrogen-bond donors (Lipinski definition) is 11. The van der Waals surface area contributed by atoms with E-state index in [1.54, 1.807) is 50.2 Å². The van der Waals surface area contributed by atoms with Crippen LogP contribution < -0.4 is 54.0 Å². The Kier molecular flexibility index (Phi) is 23.4. The van der Waals surface area contributed by atoms with E-state index >= 15 is 0 Å². The second-order valence-corrected chi connectivity index (χ2v) is 21.0. The molecule has 1 aromatic heterocycles. The number of carbonyl (C=O) groups excluding carboxylic acids is 9. The number of halogens is 1. The molecule has 3 heterocycles. The van der Waals surface area contributed by atoms with E-state index in [1.807, 2.05) is 19.2 Å². The third kappa shape index (κ3) is 19.3. The van der Waals surface area contributed by atoms with E-state index in [-0.39, 0.29) is 69.2 Å². The number of rotatable bonds is 17. The molecule has 71 heavy (non-hydrogen) atoms. The average Bonchev–Trinajstić information content (AvgIpc) is 4.03. The maximum absolute atomic E-state index is 14.6. The standard InChI is InChI=1S/C47H69ClN12O9S2/c1-26(2)24-53-40(63)31(10-5-17-52-47(50)51)55-44(67)36-11-6-18-60(36)46(69)35-25-70-19-8-12-38(62)54-32(21-28-13-15-29(48)16-14-28)41(64)56-33(22-30-9-7-20-71-30)43(66)59-39(27(3)4)45(68)57-34(23-37(49)61)42(65)58-35/h7,9,13-16,20,26-27,31-36,39H,5-6,8,10-12,17-19,21-25H2,1-4H3,(H2,49,61)(H,53,63)(H,54,62)(H,55,67)(H,56,64)(H,57,68)(H,58,65)(H,59,66)(H4,50,51,52)/t31-,32-,33-,34-,35-,36-,39-/m0/s1. The molecule has 2 saturated heterocycles. The van der Waals surface area contributed by atoms with Crippen LogP contribution in [-0.2, 0) is 56.0 Å². The first-order chi connectivity index (χ1) is 33.7. The Labute approximate surface area is 427 Å². The lowest BCUT2D eigenvalue weighted by atomic mass is 10.0. The summed E-state index contributed by atoms with van der Waals surface area (Å²) >= 11 is 8.71. The monoisotopic (exact) mass is 1040 g/mol. The molecule has 1 aromatic carbocycles. The number of primary amides is 1. The Hall–Kier alpha value is -5.94. The molecule has 0 aliphatic carbocycles. The van der Waals surface area contributed by atoms with Gasteiger partial charge in [-0.2, -0.15) is 11.8 Å². The van der Waals surface area contributed by atoms with Crippen molar-refractivity contribution in [2.24, 2.45) is 23.3 Å². The highest BCUT2D eigenvalue weighted by atomic mass is 35.5. The van der Waals surface area contributed by atoms with Gasteiger partial charge in [-0.15, -0.1) is 11.3 Å². The minimum atomic E-state index is -1.61. The van der Waals surface area contributed by atoms with Crippen molar-refractivity contribution >= 4 is 93.8 Å². The molecule has 0 spiro atoms. The van der Waals surface area contributed by atoms with Gasteiger partial charge >= 0.3 is 0 Å². The fourth-order valence-corrected chi connectivity index (χ4v) is 9.74. The van der Waals surface area contributed by atoms with Gasteiger partial charge in [0, 0.05) is 54.5 Å². The van der Waals surface area contributed by atoms with E-state index in [4.69, 9.17) is 28.5 Å². The third-order valence-corrected chi connectivity index (χ3v) is 13.9. The second-order valence-electron chi connectivity index (χ2n) is 18.4. The number of likely N-dealkylation sites (tertiary alicyclic amines) is 1. The Morgan fingerprint density at radius 2 is 1.52 bits per heavy atom. The predicted molar refractivity (Wildman–Crippen MR) is 272 cm³/mol. The summed E-state index contributed by atoms with van der Waals surface area (Å²) in [4.78, 5) is 127. The first kappa shape index (κ1) is 57.6. The van der Waals surface area contributed by atoms with Crippen molar-refractivity contribution in [1.82, 2.24) is 47.4 Å². The van der Waals surface area contributed by atoms with E-state index < -0.39 is 108 Å². The summed E-state index contributed by atoms with van der Waals surface area (Å²) in [5, 5.41) is 31.6. The lowest BCUT2D eigenvalue weighted by molar-refractivity contribution is -0.142. The zero-order chi connectivity index (χ0) is 52.2. The molecule has 13 N–H and O–H groups in total. The van der Waals surface area contributed by atoms with E-state index in [0.717, 1.165) is 4.88 Å². The van der Waals surface area contributed by atoms with Crippen LogP contribution in [0.2, 0.25) is 5.02 Å². The van der Waals surface area contributed by atoms with E-state index in [9.17, 15) is 43.2 Å². The van der Waals surface area contributed by atoms with Crippen LogP contribution in [0.5, 0.6) is 0 Å². The zero-order valence-electron chi connectivity index (χ0n) is 40.6. The van der Waals surface area contributed by atoms with Crippen molar-refractivity contribution in [3.8, 4) is 0 Å². The van der Waals surface area contributed by atoms with Crippen molar-refractivity contribution in [3.05, 3.63) is 57.2 Å². The number of amides is 9. The molecule has 0 radical (unpaired) electrons. The summed E-state index contributed by atoms with van der Waals surface area (Å²) in [6.45, 7) is 7.92. The topological polar surface area (TPSA) is 329 Å². The van der Waals surface area contributed by atoms with Gasteiger partial charge in [0.25, 0.3) is 0 Å². The van der Waals surface area contributed by atoms with Crippen LogP contribution >= 0.6 is 34.7 Å². The van der Waals surface area contributed by atoms with E-state index in [1.165, 1.54) is 28.0 Å². The number of thiophene rings is 1. The fraction of sp³-hybridized carbons (Fsp3) is 0.574. The van der Waals surface area contributed by atoms with E-state index in [2.05, 4.69) is 42.5 Å². The van der Waals surface area contributed by atoms with Gasteiger partial charge in [-0.3, -0.25) is 48.6 Å². The molecule has 2 fully saturated rings. The SMILES string of the molecule is CC(C)CNC(=O)[C@H](CCCNC(=N)N)NC(=O)[C@@H]1CCCN1C(=O)[C@@H]1CSCCCC(=O)N[C@@H](Cc2ccc(Cl)cc2)C(=O)N[C@@H](Cc2cccs2)C(=O)N[C@@H](C(C)C)C(=O)N[C@@H](CC(N)=O)C(=O)N1. The summed E-state index contributed by atoms with van der Waals surface area (Å²) in [5.74, 6) is -6.69. The van der Waals surface area contributed by atoms with Gasteiger partial charge in [0.2, 0.25) is 53.2 Å². The zero-order valence-corrected chi connectivity index (χ0v) is 43.0. The van der Waals surface area contributed by atoms with Crippen LogP contribution in [0.25, 0.3) is 0 Å². The number of benzene rings is 1. The minimum Gasteiger partial charge on any atom is -0.370 e. The summed E-state index contributed by atoms with van der Waals surface area (Å²) in [5.41, 5.74) is 11.7. The molecule has 390 valence electrons. The van der Waals surface area contributed by atoms with Gasteiger partial charge < -0.3 is 58.9 Å². The van der Waals surface area contributed by atoms with E-state index in [0.29, 0.717) is 35.7 Å². The number of thioether (sulfide) groups is 1. The van der Waals surface area contributed by atoms with Gasteiger partial charge in [-0.05, 0) is 78.8 Å². The first-order valence-electron chi connectivity index (χ1n) is 23.8. The summed E-state index contributed by atoms with van der Waals surface area (Å²) in [6.07, 6.45) is 0.908. The highest BCUT2D eigenvalue weighted by Crippen LogP contribution is 2.22. The highest BCUT2D eigenvalue weighted by molar-refractivity contribution is 7.99. The molecule has 4 rings (SSSR count). The predicted octanol–water partition coefficient (Wildman–Crippen LogP) is 0.180. The van der Waals surface area contributed by atoms with Crippen LogP contribution in [-0.4, -0.2) is 137 Å². The molecule has 2 aliphatic rings. The number of hydrogen-bond acceptors (Lipinski definition) is 12. The quantitative estimate of drug-likeness (QED) is 0.0575. The van der Waals surface area contributed by atoms with Gasteiger partial charge in [0.05, 0.1) is 6.42 Å². The molecule has 0 bridgehead atoms. The normalized spacial score (nSPS) is 22.5. The molecule has 2 aliphatic heterocycles. The van der Waals surface area contributed by atoms with Crippen molar-refractivity contribution in [3.63, 3.8) is 0 Å². The van der Waals surface area contributed by atoms with Crippen LogP contribution in [0.1, 0.15) is 83.1 Å². The number of carbonyl (C=O) groups is 9. The average molecular weight is 1050 g/mol. The Morgan fingerprint density at radius 3 is 2.17 bits per heavy atom. The van der Waals surface area contributed by atoms with Gasteiger partial charge in [-0.25, -0.2) is 0 Å². The minimum absolute atomic E-state index is 0.0324. The van der Waals surface area contributed by atoms with Gasteiger partial charge in [0.15, 0.2) is 5.96 Å². The molecule has 7 atom stereocenters. The van der Waals surface area contributed by atoms with Crippen molar-refractivity contribution in [2.45, 2.75) is 128 Å². The van der Waals surface area contributed by atoms with Gasteiger partial charge in [-0.1, -0.05) is 57.5 Å². The van der Waals surface area contributed by atoms with Crippen LogP contribution in [0.3, 0.4) is 0 Å². The molecule has 24 heteroatoms. The lowest BCUT2D eigenvalue weighted by Gasteiger charge is -2.31. The fourth-order valence-electron chi connectivity index (χ4n) is 7.88. The van der Waals surface area contributed by atoms with Crippen LogP contribution in [0.15, 0.2) is 41.8 Å². The van der Waals surface area contributed by atoms with Crippen molar-refractivity contribution < 1.29 is 43.2 Å². The van der Waals surface area contributed by atoms with Crippen LogP contribution in [0, 0.1) is 17.2 Å². The number of nitrogens with zero attached hydrogens (tertiary/aromatic N) is 1. The smallest absolute Gasteiger partial charge is 0.246 e. The summed E-state index contributed by atoms with van der Waals surface area (Å²) in [7, 11) is 0. The number of guanidine groups is 1. The Morgan fingerprint density at radius 1 is 0.845 bits per heavy atom. The molecule has 21 nitrogen and oxygen atoms in total.